The summed E-state index contributed by atoms with van der Waals surface area (Å²) in [7, 11) is 0. The van der Waals surface area contributed by atoms with E-state index >= 15 is 8.78 Å². The van der Waals surface area contributed by atoms with Gasteiger partial charge < -0.3 is 0 Å². The smallest absolute Gasteiger partial charge is 0.229 e. The molecule has 3 rings (SSSR count). The zero-order chi connectivity index (χ0) is 28.5. The average molecular weight is 574 g/mol. The summed E-state index contributed by atoms with van der Waals surface area (Å²) in [6.07, 6.45) is 0. The van der Waals surface area contributed by atoms with Crippen LogP contribution in [0.15, 0.2) is 0 Å². The molecule has 3 aliphatic rings. The maximum atomic E-state index is 15.0. The van der Waals surface area contributed by atoms with Crippen molar-refractivity contribution in [2.24, 2.45) is 0 Å². The highest BCUT2D eigenvalue weighted by Crippen LogP contribution is 2.88. The van der Waals surface area contributed by atoms with Crippen molar-refractivity contribution in [1.82, 2.24) is 0 Å². The van der Waals surface area contributed by atoms with Gasteiger partial charge in [-0.25, -0.2) is 17.6 Å². The van der Waals surface area contributed by atoms with E-state index in [-0.39, 0.29) is 0 Å². The van der Waals surface area contributed by atoms with Gasteiger partial charge in [0.15, 0.2) is 0 Å². The second-order valence-electron chi connectivity index (χ2n) is 7.80. The quantitative estimate of drug-likeness (QED) is 0.287. The van der Waals surface area contributed by atoms with Crippen molar-refractivity contribution in [2.45, 2.75) is 76.0 Å². The van der Waals surface area contributed by atoms with Crippen LogP contribution in [-0.4, -0.2) is 76.0 Å². The van der Waals surface area contributed by atoms with E-state index in [1.807, 2.05) is 0 Å². The summed E-state index contributed by atoms with van der Waals surface area (Å²) in [4.78, 5) is 0. The molecule has 0 saturated heterocycles. The van der Waals surface area contributed by atoms with Crippen molar-refractivity contribution < 1.29 is 96.6 Å². The van der Waals surface area contributed by atoms with E-state index in [4.69, 9.17) is 0 Å². The standard InChI is InChI=1S/C13F22/c14-1-2(15)4(17,9(26,27)13(34,35)11(30,31)7(2,22)23)5(18,19)3(1,16)8(24,25)12(32,33)10(28,29)6(1,20)21/t1-,2+,3-,4-/m1/s1. The summed E-state index contributed by atoms with van der Waals surface area (Å²) in [5, 5.41) is 0. The highest BCUT2D eigenvalue weighted by atomic mass is 19.4. The van der Waals surface area contributed by atoms with Crippen LogP contribution in [0.25, 0.3) is 0 Å². The van der Waals surface area contributed by atoms with Gasteiger partial charge in [-0.2, -0.15) is 79.0 Å². The Balaban J connectivity index is 2.79. The van der Waals surface area contributed by atoms with Gasteiger partial charge in [0.25, 0.3) is 22.7 Å². The molecule has 4 atom stereocenters. The first-order valence-electron chi connectivity index (χ1n) is 7.91. The lowest BCUT2D eigenvalue weighted by atomic mass is 9.58. The van der Waals surface area contributed by atoms with Crippen LogP contribution in [0.2, 0.25) is 0 Å². The van der Waals surface area contributed by atoms with Gasteiger partial charge in [0.1, 0.15) is 0 Å². The third kappa shape index (κ3) is 1.69. The summed E-state index contributed by atoms with van der Waals surface area (Å²) in [6, 6.07) is 0. The number of fused-ring (bicyclic) bond motifs is 3. The molecule has 3 saturated carbocycles. The first-order valence-corrected chi connectivity index (χ1v) is 7.91. The third-order valence-corrected chi connectivity index (χ3v) is 6.39. The van der Waals surface area contributed by atoms with Gasteiger partial charge in [0.2, 0.25) is 0 Å². The minimum absolute atomic E-state index is 8.55. The minimum Gasteiger partial charge on any atom is -0.229 e. The Morgan fingerprint density at radius 3 is 0.457 bits per heavy atom. The van der Waals surface area contributed by atoms with Crippen LogP contribution >= 0.6 is 0 Å². The van der Waals surface area contributed by atoms with Crippen LogP contribution in [0, 0.1) is 0 Å². The van der Waals surface area contributed by atoms with E-state index in [9.17, 15) is 87.8 Å². The predicted molar refractivity (Wildman–Crippen MR) is 59.9 cm³/mol. The Labute approximate surface area is 174 Å². The monoisotopic (exact) mass is 574 g/mol. The molecule has 0 N–H and O–H groups in total. The van der Waals surface area contributed by atoms with E-state index in [1.54, 1.807) is 0 Å². The zero-order valence-electron chi connectivity index (χ0n) is 14.8. The molecule has 3 fully saturated rings. The van der Waals surface area contributed by atoms with Gasteiger partial charge in [0.05, 0.1) is 0 Å². The molecule has 0 amide bonds. The average Bonchev–Trinajstić information content (AvgIpc) is 2.75. The molecule has 0 aromatic heterocycles. The maximum absolute atomic E-state index is 15.0. The topological polar surface area (TPSA) is 0 Å². The Bertz CT molecular complexity index is 902. The van der Waals surface area contributed by atoms with E-state index in [0.29, 0.717) is 0 Å². The highest BCUT2D eigenvalue weighted by molar-refractivity contribution is 5.54. The molecule has 206 valence electrons. The molecule has 0 nitrogen and oxygen atoms in total. The highest BCUT2D eigenvalue weighted by Gasteiger charge is 3.22. The van der Waals surface area contributed by atoms with E-state index in [0.717, 1.165) is 0 Å². The Morgan fingerprint density at radius 2 is 0.286 bits per heavy atom. The Morgan fingerprint density at radius 1 is 0.143 bits per heavy atom. The van der Waals surface area contributed by atoms with Gasteiger partial charge >= 0.3 is 53.3 Å². The molecule has 3 aliphatic carbocycles. The fourth-order valence-electron chi connectivity index (χ4n) is 4.49. The summed E-state index contributed by atoms with van der Waals surface area (Å²) in [5.41, 5.74) is -36.6. The lowest BCUT2D eigenvalue weighted by Crippen LogP contribution is -2.92. The van der Waals surface area contributed by atoms with Crippen molar-refractivity contribution in [3.63, 3.8) is 0 Å². The zero-order valence-corrected chi connectivity index (χ0v) is 14.8. The number of hydrogen-bond acceptors (Lipinski definition) is 0. The van der Waals surface area contributed by atoms with Crippen LogP contribution < -0.4 is 0 Å². The number of rotatable bonds is 0. The van der Waals surface area contributed by atoms with Gasteiger partial charge in [0, 0.05) is 0 Å². The molecule has 0 heterocycles. The normalized spacial score (nSPS) is 48.5. The molecule has 0 bridgehead atoms. The fraction of sp³-hybridized carbons (Fsp3) is 1.00. The summed E-state index contributed by atoms with van der Waals surface area (Å²) < 4.78 is 308. The van der Waals surface area contributed by atoms with Crippen LogP contribution in [0.4, 0.5) is 96.6 Å². The van der Waals surface area contributed by atoms with Gasteiger partial charge in [-0.15, -0.1) is 0 Å². The van der Waals surface area contributed by atoms with Gasteiger partial charge in [-0.3, -0.25) is 0 Å². The van der Waals surface area contributed by atoms with Crippen molar-refractivity contribution in [2.75, 3.05) is 0 Å². The molecule has 0 unspecified atom stereocenters. The lowest BCUT2D eigenvalue weighted by molar-refractivity contribution is -0.502. The van der Waals surface area contributed by atoms with E-state index < -0.39 is 76.0 Å². The first kappa shape index (κ1) is 28.0. The minimum atomic E-state index is -9.23. The molecule has 0 aromatic rings. The van der Waals surface area contributed by atoms with Crippen molar-refractivity contribution in [3.8, 4) is 0 Å². The number of hydrogen-bond donors (Lipinski definition) is 0. The number of alkyl halides is 22. The Hall–Kier alpha value is -1.54. The van der Waals surface area contributed by atoms with Crippen LogP contribution in [0.5, 0.6) is 0 Å². The first-order chi connectivity index (χ1) is 14.8. The molecular weight excluding hydrogens is 574 g/mol. The SMILES string of the molecule is FC1(F)C(F)(F)C(F)(F)[C@@]2(F)[C@](F)(C1(F)F)C(F)(F)[C@@]1(F)C(F)(F)C(F)(F)C(F)(F)C(F)(F)[C@]12F. The summed E-state index contributed by atoms with van der Waals surface area (Å²) in [5.74, 6) is -79.1. The second kappa shape index (κ2) is 5.50. The summed E-state index contributed by atoms with van der Waals surface area (Å²) in [6.45, 7) is 0. The molecule has 35 heavy (non-hydrogen) atoms. The molecule has 0 aliphatic heterocycles. The van der Waals surface area contributed by atoms with E-state index in [2.05, 4.69) is 0 Å². The molecule has 0 aromatic carbocycles. The molecule has 0 radical (unpaired) electrons. The molecule has 0 spiro atoms. The largest absolute Gasteiger partial charge is 0.382 e. The van der Waals surface area contributed by atoms with Crippen LogP contribution in [-0.2, 0) is 0 Å². The van der Waals surface area contributed by atoms with Crippen molar-refractivity contribution in [3.05, 3.63) is 0 Å². The lowest BCUT2D eigenvalue weighted by Gasteiger charge is -2.58. The van der Waals surface area contributed by atoms with E-state index in [1.165, 1.54) is 0 Å². The maximum Gasteiger partial charge on any atom is 0.382 e. The fourth-order valence-corrected chi connectivity index (χ4v) is 4.49. The van der Waals surface area contributed by atoms with Crippen molar-refractivity contribution in [1.29, 1.82) is 0 Å². The van der Waals surface area contributed by atoms with Crippen LogP contribution in [0.1, 0.15) is 0 Å². The summed E-state index contributed by atoms with van der Waals surface area (Å²) >= 11 is 0. The molecule has 22 heteroatoms. The van der Waals surface area contributed by atoms with Gasteiger partial charge in [-0.05, 0) is 0 Å². The van der Waals surface area contributed by atoms with Crippen molar-refractivity contribution >= 4 is 0 Å². The molecular formula is C13F22. The van der Waals surface area contributed by atoms with Crippen LogP contribution in [0.3, 0.4) is 0 Å². The third-order valence-electron chi connectivity index (χ3n) is 6.39. The second-order valence-corrected chi connectivity index (χ2v) is 7.80. The number of halogens is 22. The predicted octanol–water partition coefficient (Wildman–Crippen LogP) is 6.58. The Kier molecular flexibility index (Phi) is 4.40. The van der Waals surface area contributed by atoms with Gasteiger partial charge in [-0.1, -0.05) is 0 Å².